The van der Waals surface area contributed by atoms with Crippen molar-refractivity contribution >= 4 is 18.0 Å². The Kier molecular flexibility index (Phi) is 8.98. The maximum atomic E-state index is 11.8. The van der Waals surface area contributed by atoms with E-state index in [1.165, 1.54) is 7.11 Å². The molecule has 2 amide bonds. The van der Waals surface area contributed by atoms with Crippen molar-refractivity contribution in [1.82, 2.24) is 10.6 Å². The van der Waals surface area contributed by atoms with Gasteiger partial charge in [-0.3, -0.25) is 9.59 Å². The van der Waals surface area contributed by atoms with Gasteiger partial charge in [-0.05, 0) is 27.2 Å². The summed E-state index contributed by atoms with van der Waals surface area (Å²) < 4.78 is 9.63. The molecule has 23 heavy (non-hydrogen) atoms. The van der Waals surface area contributed by atoms with Crippen molar-refractivity contribution in [1.29, 1.82) is 0 Å². The van der Waals surface area contributed by atoms with Gasteiger partial charge in [0, 0.05) is 0 Å². The second-order valence-corrected chi connectivity index (χ2v) is 6.13. The highest BCUT2D eigenvalue weighted by atomic mass is 16.6. The first-order chi connectivity index (χ1) is 10.6. The summed E-state index contributed by atoms with van der Waals surface area (Å²) in [5.41, 5.74) is -0.562. The highest BCUT2D eigenvalue weighted by Gasteiger charge is 2.18. The van der Waals surface area contributed by atoms with Crippen molar-refractivity contribution < 1.29 is 23.9 Å². The molecular weight excluding hydrogens is 300 g/mol. The molecule has 2 N–H and O–H groups in total. The Morgan fingerprint density at radius 1 is 1.17 bits per heavy atom. The smallest absolute Gasteiger partial charge is 0.408 e. The molecule has 0 heterocycles. The molecule has 0 saturated carbocycles. The van der Waals surface area contributed by atoms with Gasteiger partial charge in [-0.15, -0.1) is 0 Å². The summed E-state index contributed by atoms with van der Waals surface area (Å²) in [4.78, 5) is 34.5. The van der Waals surface area contributed by atoms with Crippen molar-refractivity contribution in [2.45, 2.75) is 52.7 Å². The van der Waals surface area contributed by atoms with E-state index in [9.17, 15) is 14.4 Å². The van der Waals surface area contributed by atoms with Crippen LogP contribution in [0.4, 0.5) is 4.79 Å². The minimum atomic E-state index is -0.562. The fourth-order valence-electron chi connectivity index (χ4n) is 1.53. The number of carbonyl (C=O) groups is 3. The first kappa shape index (κ1) is 20.9. The van der Waals surface area contributed by atoms with Gasteiger partial charge in [-0.25, -0.2) is 4.79 Å². The fourth-order valence-corrected chi connectivity index (χ4v) is 1.53. The second kappa shape index (κ2) is 9.86. The van der Waals surface area contributed by atoms with Crippen LogP contribution in [0.25, 0.3) is 0 Å². The van der Waals surface area contributed by atoms with Gasteiger partial charge < -0.3 is 20.1 Å². The van der Waals surface area contributed by atoms with E-state index in [-0.39, 0.29) is 18.5 Å². The SMILES string of the molecule is CC[C@@H](/C=C/[C@@H](C)C(=O)NCC(=O)OC)NC(=O)OC(C)(C)C. The molecule has 0 aliphatic heterocycles. The van der Waals surface area contributed by atoms with E-state index in [2.05, 4.69) is 15.4 Å². The molecule has 0 bridgehead atoms. The van der Waals surface area contributed by atoms with Crippen LogP contribution in [0.5, 0.6) is 0 Å². The Labute approximate surface area is 137 Å². The lowest BCUT2D eigenvalue weighted by molar-refractivity contribution is -0.141. The molecule has 2 atom stereocenters. The van der Waals surface area contributed by atoms with Crippen LogP contribution in [-0.2, 0) is 19.1 Å². The second-order valence-electron chi connectivity index (χ2n) is 6.13. The van der Waals surface area contributed by atoms with Crippen LogP contribution in [0.3, 0.4) is 0 Å². The summed E-state index contributed by atoms with van der Waals surface area (Å²) >= 11 is 0. The molecule has 0 aromatic rings. The molecule has 7 heteroatoms. The predicted octanol–water partition coefficient (Wildman–Crippen LogP) is 1.77. The van der Waals surface area contributed by atoms with Crippen LogP contribution in [0.15, 0.2) is 12.2 Å². The van der Waals surface area contributed by atoms with Gasteiger partial charge in [0.05, 0.1) is 19.1 Å². The maximum absolute atomic E-state index is 11.8. The third-order valence-corrected chi connectivity index (χ3v) is 2.82. The summed E-state index contributed by atoms with van der Waals surface area (Å²) in [5.74, 6) is -1.24. The summed E-state index contributed by atoms with van der Waals surface area (Å²) in [6.07, 6.45) is 3.58. The lowest BCUT2D eigenvalue weighted by Gasteiger charge is -2.22. The molecule has 0 unspecified atom stereocenters. The topological polar surface area (TPSA) is 93.7 Å². The average molecular weight is 328 g/mol. The Morgan fingerprint density at radius 2 is 1.78 bits per heavy atom. The molecule has 0 aromatic heterocycles. The van der Waals surface area contributed by atoms with E-state index in [0.29, 0.717) is 6.42 Å². The Balaban J connectivity index is 4.44. The first-order valence-electron chi connectivity index (χ1n) is 7.61. The molecule has 0 spiro atoms. The number of hydrogen-bond acceptors (Lipinski definition) is 5. The van der Waals surface area contributed by atoms with Gasteiger partial charge in [0.2, 0.25) is 5.91 Å². The molecule has 0 rings (SSSR count). The average Bonchev–Trinajstić information content (AvgIpc) is 2.46. The van der Waals surface area contributed by atoms with E-state index in [0.717, 1.165) is 0 Å². The quantitative estimate of drug-likeness (QED) is 0.549. The zero-order valence-corrected chi connectivity index (χ0v) is 14.8. The van der Waals surface area contributed by atoms with Crippen LogP contribution in [0, 0.1) is 5.92 Å². The number of esters is 1. The minimum absolute atomic E-state index is 0.166. The van der Waals surface area contributed by atoms with Gasteiger partial charge in [-0.2, -0.15) is 0 Å². The summed E-state index contributed by atoms with van der Waals surface area (Å²) in [6, 6.07) is -0.235. The molecule has 0 saturated heterocycles. The zero-order chi connectivity index (χ0) is 18.0. The molecule has 0 radical (unpaired) electrons. The van der Waals surface area contributed by atoms with Crippen LogP contribution >= 0.6 is 0 Å². The van der Waals surface area contributed by atoms with E-state index in [1.807, 2.05) is 6.92 Å². The van der Waals surface area contributed by atoms with Crippen molar-refractivity contribution in [3.8, 4) is 0 Å². The lowest BCUT2D eigenvalue weighted by atomic mass is 10.1. The molecule has 0 aliphatic rings. The number of alkyl carbamates (subject to hydrolysis) is 1. The number of hydrogen-bond donors (Lipinski definition) is 2. The Hall–Kier alpha value is -2.05. The third kappa shape index (κ3) is 10.3. The number of nitrogens with one attached hydrogen (secondary N) is 2. The summed E-state index contributed by atoms with van der Waals surface area (Å²) in [5, 5.41) is 5.19. The molecular formula is C16H28N2O5. The van der Waals surface area contributed by atoms with Crippen molar-refractivity contribution in [2.75, 3.05) is 13.7 Å². The fraction of sp³-hybridized carbons (Fsp3) is 0.688. The number of methoxy groups -OCH3 is 1. The van der Waals surface area contributed by atoms with Crippen LogP contribution in [0.1, 0.15) is 41.0 Å². The molecule has 132 valence electrons. The highest BCUT2D eigenvalue weighted by Crippen LogP contribution is 2.08. The van der Waals surface area contributed by atoms with Gasteiger partial charge >= 0.3 is 12.1 Å². The highest BCUT2D eigenvalue weighted by molar-refractivity contribution is 5.84. The Morgan fingerprint density at radius 3 is 2.26 bits per heavy atom. The summed E-state index contributed by atoms with van der Waals surface area (Å²) in [6.45, 7) is 8.81. The normalized spacial score (nSPS) is 14.0. The van der Waals surface area contributed by atoms with Gasteiger partial charge in [0.15, 0.2) is 0 Å². The van der Waals surface area contributed by atoms with E-state index < -0.39 is 23.6 Å². The monoisotopic (exact) mass is 328 g/mol. The van der Waals surface area contributed by atoms with Gasteiger partial charge in [0.1, 0.15) is 12.1 Å². The van der Waals surface area contributed by atoms with Crippen molar-refractivity contribution in [3.05, 3.63) is 12.2 Å². The molecule has 0 aliphatic carbocycles. The maximum Gasteiger partial charge on any atom is 0.408 e. The number of carbonyl (C=O) groups excluding carboxylic acids is 3. The molecule has 0 aromatic carbocycles. The Bertz CT molecular complexity index is 440. The predicted molar refractivity (Wildman–Crippen MR) is 86.8 cm³/mol. The van der Waals surface area contributed by atoms with Gasteiger partial charge in [0.25, 0.3) is 0 Å². The lowest BCUT2D eigenvalue weighted by Crippen LogP contribution is -2.38. The van der Waals surface area contributed by atoms with Crippen molar-refractivity contribution in [3.63, 3.8) is 0 Å². The molecule has 7 nitrogen and oxygen atoms in total. The minimum Gasteiger partial charge on any atom is -0.468 e. The first-order valence-corrected chi connectivity index (χ1v) is 7.61. The largest absolute Gasteiger partial charge is 0.468 e. The summed E-state index contributed by atoms with van der Waals surface area (Å²) in [7, 11) is 1.26. The number of rotatable bonds is 7. The van der Waals surface area contributed by atoms with Crippen LogP contribution < -0.4 is 10.6 Å². The van der Waals surface area contributed by atoms with E-state index in [4.69, 9.17) is 4.74 Å². The van der Waals surface area contributed by atoms with E-state index >= 15 is 0 Å². The number of amides is 2. The molecule has 0 fully saturated rings. The standard InChI is InChI=1S/C16H28N2O5/c1-7-12(18-15(21)23-16(3,4)5)9-8-11(2)14(20)17-10-13(19)22-6/h8-9,11-12H,7,10H2,1-6H3,(H,17,20)(H,18,21)/b9-8+/t11-,12+/m1/s1. The van der Waals surface area contributed by atoms with E-state index in [1.54, 1.807) is 39.8 Å². The van der Waals surface area contributed by atoms with Crippen LogP contribution in [0.2, 0.25) is 0 Å². The zero-order valence-electron chi connectivity index (χ0n) is 14.8. The van der Waals surface area contributed by atoms with Crippen LogP contribution in [-0.4, -0.2) is 43.3 Å². The third-order valence-electron chi connectivity index (χ3n) is 2.82. The van der Waals surface area contributed by atoms with Gasteiger partial charge in [-0.1, -0.05) is 26.0 Å². The number of ether oxygens (including phenoxy) is 2. The van der Waals surface area contributed by atoms with Crippen molar-refractivity contribution in [2.24, 2.45) is 5.92 Å².